The largest absolute Gasteiger partial charge is 0.496 e. The molecule has 4 rings (SSSR count). The third kappa shape index (κ3) is 4.74. The Morgan fingerprint density at radius 3 is 2.35 bits per heavy atom. The monoisotopic (exact) mass is 501 g/mol. The number of amides is 1. The van der Waals surface area contributed by atoms with E-state index in [4.69, 9.17) is 35.0 Å². The molecule has 0 unspecified atom stereocenters. The number of anilines is 1. The Bertz CT molecular complexity index is 1200. The second kappa shape index (κ2) is 9.64. The van der Waals surface area contributed by atoms with Gasteiger partial charge in [-0.15, -0.1) is 0 Å². The summed E-state index contributed by atoms with van der Waals surface area (Å²) in [5, 5.41) is 4.67. The number of nitrogens with one attached hydrogen (secondary N) is 1. The van der Waals surface area contributed by atoms with Crippen molar-refractivity contribution in [1.82, 2.24) is 0 Å². The highest BCUT2D eigenvalue weighted by molar-refractivity contribution is 6.90. The van der Waals surface area contributed by atoms with E-state index < -0.39 is 14.0 Å². The smallest absolute Gasteiger partial charge is 0.291 e. The van der Waals surface area contributed by atoms with Crippen molar-refractivity contribution in [1.29, 1.82) is 0 Å². The van der Waals surface area contributed by atoms with E-state index in [0.717, 1.165) is 6.42 Å². The van der Waals surface area contributed by atoms with Crippen molar-refractivity contribution in [3.8, 4) is 28.9 Å². The maximum Gasteiger partial charge on any atom is 0.291 e. The van der Waals surface area contributed by atoms with Gasteiger partial charge >= 0.3 is 0 Å². The fourth-order valence-electron chi connectivity index (χ4n) is 4.27. The van der Waals surface area contributed by atoms with Crippen molar-refractivity contribution in [2.45, 2.75) is 32.0 Å². The first-order valence-corrected chi connectivity index (χ1v) is 14.6. The number of hydrogen-bond acceptors (Lipinski definition) is 6. The summed E-state index contributed by atoms with van der Waals surface area (Å²) in [6, 6.07) is 11.7. The van der Waals surface area contributed by atoms with Gasteiger partial charge in [0.15, 0.2) is 5.76 Å². The van der Waals surface area contributed by atoms with Crippen LogP contribution >= 0.6 is 11.6 Å². The molecule has 0 radical (unpaired) electrons. The number of carbonyl (C=O) groups excluding carboxylic acids is 1. The molecule has 9 heteroatoms. The molecule has 1 aliphatic heterocycles. The van der Waals surface area contributed by atoms with Gasteiger partial charge in [0.1, 0.15) is 28.7 Å². The Morgan fingerprint density at radius 1 is 1.00 bits per heavy atom. The van der Waals surface area contributed by atoms with Crippen molar-refractivity contribution < 1.29 is 28.2 Å². The lowest BCUT2D eigenvalue weighted by Crippen LogP contribution is -2.46. The molecule has 180 valence electrons. The van der Waals surface area contributed by atoms with E-state index in [-0.39, 0.29) is 11.7 Å². The molecule has 0 saturated heterocycles. The third-order valence-corrected chi connectivity index (χ3v) is 9.93. The van der Waals surface area contributed by atoms with Crippen LogP contribution in [-0.2, 0) is 6.42 Å². The molecule has 1 aromatic heterocycles. The number of furan rings is 1. The van der Waals surface area contributed by atoms with Crippen molar-refractivity contribution >= 4 is 36.5 Å². The summed E-state index contributed by atoms with van der Waals surface area (Å²) in [6.45, 7) is 4.72. The Kier molecular flexibility index (Phi) is 6.81. The number of rotatable bonds is 7. The minimum Gasteiger partial charge on any atom is -0.496 e. The topological polar surface area (TPSA) is 79.2 Å². The lowest BCUT2D eigenvalue weighted by molar-refractivity contribution is 0.0991. The molecule has 34 heavy (non-hydrogen) atoms. The third-order valence-electron chi connectivity index (χ3n) is 6.10. The maximum absolute atomic E-state index is 12.9. The zero-order valence-electron chi connectivity index (χ0n) is 19.9. The van der Waals surface area contributed by atoms with Crippen LogP contribution in [0.25, 0.3) is 0 Å². The lowest BCUT2D eigenvalue weighted by atomic mass is 10.1. The van der Waals surface area contributed by atoms with E-state index in [1.54, 1.807) is 18.2 Å². The molecule has 0 fully saturated rings. The van der Waals surface area contributed by atoms with E-state index >= 15 is 0 Å². The van der Waals surface area contributed by atoms with Crippen LogP contribution in [0.1, 0.15) is 22.5 Å². The van der Waals surface area contributed by atoms with Crippen LogP contribution in [-0.4, -0.2) is 35.3 Å². The Morgan fingerprint density at radius 2 is 1.71 bits per heavy atom. The van der Waals surface area contributed by atoms with E-state index in [9.17, 15) is 4.79 Å². The van der Waals surface area contributed by atoms with Gasteiger partial charge in [0, 0.05) is 18.2 Å². The first-order chi connectivity index (χ1) is 16.2. The predicted molar refractivity (Wildman–Crippen MR) is 135 cm³/mol. The number of halogens is 1. The van der Waals surface area contributed by atoms with Gasteiger partial charge in [0.2, 0.25) is 0 Å². The molecular weight excluding hydrogens is 474 g/mol. The van der Waals surface area contributed by atoms with Crippen LogP contribution in [0.4, 0.5) is 5.69 Å². The van der Waals surface area contributed by atoms with Crippen LogP contribution in [0.15, 0.2) is 40.8 Å². The summed E-state index contributed by atoms with van der Waals surface area (Å²) < 4.78 is 27.6. The van der Waals surface area contributed by atoms with Crippen molar-refractivity contribution in [2.24, 2.45) is 0 Å². The van der Waals surface area contributed by atoms with Crippen molar-refractivity contribution in [3.05, 3.63) is 52.7 Å². The second-order valence-corrected chi connectivity index (χ2v) is 14.0. The Labute approximate surface area is 204 Å². The van der Waals surface area contributed by atoms with E-state index in [0.29, 0.717) is 33.7 Å². The van der Waals surface area contributed by atoms with Crippen LogP contribution in [0.3, 0.4) is 0 Å². The molecule has 1 aliphatic rings. The van der Waals surface area contributed by atoms with E-state index in [1.165, 1.54) is 50.6 Å². The highest BCUT2D eigenvalue weighted by atomic mass is 35.5. The average Bonchev–Trinajstić information content (AvgIpc) is 3.28. The van der Waals surface area contributed by atoms with Crippen LogP contribution in [0.5, 0.6) is 28.9 Å². The van der Waals surface area contributed by atoms with Gasteiger partial charge in [-0.1, -0.05) is 42.3 Å². The SMILES string of the molecule is COc1cc(OC)c(NC(=O)c2ccc(Oc3cc4c(cc3Cl)CCC[Si]4(C)C)o2)c(OC)c1. The van der Waals surface area contributed by atoms with Crippen molar-refractivity contribution in [3.63, 3.8) is 0 Å². The molecule has 0 bridgehead atoms. The van der Waals surface area contributed by atoms with Crippen LogP contribution in [0.2, 0.25) is 24.2 Å². The number of fused-ring (bicyclic) bond motifs is 1. The quantitative estimate of drug-likeness (QED) is 0.408. The summed E-state index contributed by atoms with van der Waals surface area (Å²) in [6.07, 6.45) is 2.23. The van der Waals surface area contributed by atoms with Gasteiger partial charge in [0.25, 0.3) is 11.9 Å². The average molecular weight is 502 g/mol. The van der Waals surface area contributed by atoms with Gasteiger partial charge in [-0.2, -0.15) is 0 Å². The Hall–Kier alpha value is -3.10. The molecule has 1 amide bonds. The molecule has 0 atom stereocenters. The van der Waals surface area contributed by atoms with Gasteiger partial charge in [-0.3, -0.25) is 4.79 Å². The normalized spacial score (nSPS) is 14.2. The fraction of sp³-hybridized carbons (Fsp3) is 0.320. The number of carbonyl (C=O) groups is 1. The highest BCUT2D eigenvalue weighted by Crippen LogP contribution is 2.39. The number of ether oxygens (including phenoxy) is 4. The van der Waals surface area contributed by atoms with Gasteiger partial charge in [-0.25, -0.2) is 0 Å². The minimum absolute atomic E-state index is 0.0683. The molecule has 0 saturated carbocycles. The molecule has 2 heterocycles. The summed E-state index contributed by atoms with van der Waals surface area (Å²) in [4.78, 5) is 12.9. The number of aryl methyl sites for hydroxylation is 1. The summed E-state index contributed by atoms with van der Waals surface area (Å²) in [7, 11) is 3.00. The maximum atomic E-state index is 12.9. The zero-order valence-corrected chi connectivity index (χ0v) is 21.7. The van der Waals surface area contributed by atoms with Gasteiger partial charge < -0.3 is 28.7 Å². The molecule has 7 nitrogen and oxygen atoms in total. The van der Waals surface area contributed by atoms with Crippen LogP contribution < -0.4 is 29.5 Å². The minimum atomic E-state index is -1.53. The first-order valence-electron chi connectivity index (χ1n) is 11.0. The predicted octanol–water partition coefficient (Wildman–Crippen LogP) is 5.87. The van der Waals surface area contributed by atoms with E-state index in [2.05, 4.69) is 18.4 Å². The number of methoxy groups -OCH3 is 3. The summed E-state index contributed by atoms with van der Waals surface area (Å²) in [5.41, 5.74) is 1.67. The van der Waals surface area contributed by atoms with Gasteiger partial charge in [-0.05, 0) is 30.2 Å². The standard InChI is InChI=1S/C25H28ClNO6Si/c1-29-16-12-20(30-2)24(21(13-16)31-3)27-25(28)18-8-9-23(32-18)33-19-14-22-15(11-17(19)26)7-6-10-34(22,4)5/h8-9,11-14H,6-7,10H2,1-5H3,(H,27,28). The number of hydrogen-bond donors (Lipinski definition) is 1. The molecule has 0 aliphatic carbocycles. The lowest BCUT2D eigenvalue weighted by Gasteiger charge is -2.31. The fourth-order valence-corrected chi connectivity index (χ4v) is 7.42. The first kappa shape index (κ1) is 24.0. The summed E-state index contributed by atoms with van der Waals surface area (Å²) in [5.74, 6) is 1.60. The molecule has 2 aromatic carbocycles. The zero-order chi connectivity index (χ0) is 24.5. The highest BCUT2D eigenvalue weighted by Gasteiger charge is 2.31. The van der Waals surface area contributed by atoms with Gasteiger partial charge in [0.05, 0.1) is 34.4 Å². The second-order valence-electron chi connectivity index (χ2n) is 8.76. The Balaban J connectivity index is 1.56. The molecular formula is C25H28ClNO6Si. The number of benzene rings is 2. The van der Waals surface area contributed by atoms with Crippen molar-refractivity contribution in [2.75, 3.05) is 26.6 Å². The van der Waals surface area contributed by atoms with E-state index in [1.807, 2.05) is 12.1 Å². The molecule has 3 aromatic rings. The summed E-state index contributed by atoms with van der Waals surface area (Å²) >= 11 is 6.50. The molecule has 1 N–H and O–H groups in total. The van der Waals surface area contributed by atoms with Crippen LogP contribution in [0, 0.1) is 0 Å². The molecule has 0 spiro atoms.